The van der Waals surface area contributed by atoms with Crippen molar-refractivity contribution in [1.29, 1.82) is 0 Å². The van der Waals surface area contributed by atoms with Crippen molar-refractivity contribution in [2.75, 3.05) is 22.1 Å². The number of nitrogens with one attached hydrogen (secondary N) is 4. The first-order valence-electron chi connectivity index (χ1n) is 7.67. The van der Waals surface area contributed by atoms with Gasteiger partial charge in [0.2, 0.25) is 11.8 Å². The predicted octanol–water partition coefficient (Wildman–Crippen LogP) is 3.52. The highest BCUT2D eigenvalue weighted by atomic mass is 35.5. The van der Waals surface area contributed by atoms with Crippen LogP contribution in [0.2, 0.25) is 10.0 Å². The van der Waals surface area contributed by atoms with E-state index in [1.165, 1.54) is 18.2 Å². The number of benzene rings is 2. The summed E-state index contributed by atoms with van der Waals surface area (Å²) in [6.07, 6.45) is 0. The molecule has 0 saturated heterocycles. The Morgan fingerprint density at radius 3 is 2.07 bits per heavy atom. The van der Waals surface area contributed by atoms with Gasteiger partial charge in [0, 0.05) is 21.4 Å². The highest BCUT2D eigenvalue weighted by Crippen LogP contribution is 2.22. The van der Waals surface area contributed by atoms with Gasteiger partial charge in [0.05, 0.1) is 11.5 Å². The Hall–Kier alpha value is -2.42. The maximum Gasteiger partial charge on any atom is 0.337 e. The highest BCUT2D eigenvalue weighted by Gasteiger charge is 2.08. The number of carbonyl (C=O) groups is 3. The van der Waals surface area contributed by atoms with Gasteiger partial charge in [-0.3, -0.25) is 15.0 Å². The lowest BCUT2D eigenvalue weighted by atomic mass is 10.3. The van der Waals surface area contributed by atoms with Crippen LogP contribution in [0.1, 0.15) is 0 Å². The van der Waals surface area contributed by atoms with E-state index in [1.807, 2.05) is 18.2 Å². The second kappa shape index (κ2) is 10.7. The number of urea groups is 1. The van der Waals surface area contributed by atoms with E-state index in [-0.39, 0.29) is 17.4 Å². The Morgan fingerprint density at radius 1 is 0.778 bits per heavy atom. The van der Waals surface area contributed by atoms with Crippen molar-refractivity contribution in [3.63, 3.8) is 0 Å². The van der Waals surface area contributed by atoms with Gasteiger partial charge < -0.3 is 10.6 Å². The van der Waals surface area contributed by atoms with Crippen molar-refractivity contribution in [2.24, 2.45) is 0 Å². The molecule has 0 unspecified atom stereocenters. The number of rotatable bonds is 6. The molecule has 0 aliphatic carbocycles. The van der Waals surface area contributed by atoms with E-state index in [4.69, 9.17) is 23.2 Å². The first-order chi connectivity index (χ1) is 12.9. The molecule has 0 aliphatic heterocycles. The molecule has 0 aromatic heterocycles. The second-order valence-corrected chi connectivity index (χ2v) is 7.05. The van der Waals surface area contributed by atoms with Crippen LogP contribution in [0.25, 0.3) is 0 Å². The van der Waals surface area contributed by atoms with Gasteiger partial charge in [-0.05, 0) is 30.3 Å². The third kappa shape index (κ3) is 8.21. The molecule has 0 spiro atoms. The summed E-state index contributed by atoms with van der Waals surface area (Å²) in [7, 11) is 0. The normalized spacial score (nSPS) is 10.0. The first kappa shape index (κ1) is 20.9. The number of thioether (sulfide) groups is 1. The minimum Gasteiger partial charge on any atom is -0.325 e. The largest absolute Gasteiger partial charge is 0.337 e. The smallest absolute Gasteiger partial charge is 0.325 e. The third-order valence-electron chi connectivity index (χ3n) is 2.96. The highest BCUT2D eigenvalue weighted by molar-refractivity contribution is 8.00. The number of anilines is 2. The van der Waals surface area contributed by atoms with Gasteiger partial charge in [0.1, 0.15) is 0 Å². The molecule has 0 aliphatic rings. The molecule has 2 aromatic carbocycles. The molecule has 10 heteroatoms. The van der Waals surface area contributed by atoms with Gasteiger partial charge >= 0.3 is 6.03 Å². The van der Waals surface area contributed by atoms with E-state index in [0.717, 1.165) is 11.8 Å². The molecule has 0 fully saturated rings. The van der Waals surface area contributed by atoms with Crippen LogP contribution in [0.3, 0.4) is 0 Å². The van der Waals surface area contributed by atoms with E-state index in [2.05, 4.69) is 21.5 Å². The molecule has 0 heterocycles. The zero-order valence-electron chi connectivity index (χ0n) is 13.9. The summed E-state index contributed by atoms with van der Waals surface area (Å²) in [5.41, 5.74) is 5.50. The maximum absolute atomic E-state index is 11.8. The van der Waals surface area contributed by atoms with Crippen LogP contribution in [-0.2, 0) is 9.59 Å². The molecule has 7 nitrogen and oxygen atoms in total. The van der Waals surface area contributed by atoms with Crippen molar-refractivity contribution < 1.29 is 14.4 Å². The van der Waals surface area contributed by atoms with Crippen molar-refractivity contribution in [3.8, 4) is 0 Å². The van der Waals surface area contributed by atoms with Gasteiger partial charge in [-0.2, -0.15) is 0 Å². The minimum absolute atomic E-state index is 0.00544. The lowest BCUT2D eigenvalue weighted by Gasteiger charge is -2.09. The molecule has 142 valence electrons. The van der Waals surface area contributed by atoms with Crippen LogP contribution in [0.4, 0.5) is 16.2 Å². The summed E-state index contributed by atoms with van der Waals surface area (Å²) >= 11 is 12.8. The molecule has 4 N–H and O–H groups in total. The molecular formula is C17H16Cl2N4O3S. The number of amides is 4. The molecule has 0 saturated carbocycles. The zero-order valence-corrected chi connectivity index (χ0v) is 16.3. The molecule has 0 radical (unpaired) electrons. The molecule has 0 bridgehead atoms. The number of hydrogen-bond acceptors (Lipinski definition) is 4. The number of halogens is 2. The quantitative estimate of drug-likeness (QED) is 0.530. The summed E-state index contributed by atoms with van der Waals surface area (Å²) in [5, 5.41) is 5.92. The first-order valence-corrected chi connectivity index (χ1v) is 9.58. The van der Waals surface area contributed by atoms with Gasteiger partial charge in [0.15, 0.2) is 0 Å². The Labute approximate surface area is 170 Å². The summed E-state index contributed by atoms with van der Waals surface area (Å²) in [6.45, 7) is 0. The molecule has 2 rings (SSSR count). The number of para-hydroxylation sites is 1. The zero-order chi connectivity index (χ0) is 19.6. The van der Waals surface area contributed by atoms with E-state index >= 15 is 0 Å². The van der Waals surface area contributed by atoms with Crippen molar-refractivity contribution in [1.82, 2.24) is 10.9 Å². The standard InChI is InChI=1S/C17H16Cl2N4O3S/c18-11-6-12(19)8-14(7-11)21-17(26)23-22-16(25)10-27-9-15(24)20-13-4-2-1-3-5-13/h1-8H,9-10H2,(H,20,24)(H,22,25)(H2,21,23,26). The van der Waals surface area contributed by atoms with Gasteiger partial charge in [-0.25, -0.2) is 10.2 Å². The fraction of sp³-hybridized carbons (Fsp3) is 0.118. The molecule has 2 aromatic rings. The van der Waals surface area contributed by atoms with Gasteiger partial charge in [0.25, 0.3) is 0 Å². The Morgan fingerprint density at radius 2 is 1.41 bits per heavy atom. The summed E-state index contributed by atoms with van der Waals surface area (Å²) in [5.74, 6) is -0.560. The van der Waals surface area contributed by atoms with Crippen LogP contribution in [0.5, 0.6) is 0 Å². The van der Waals surface area contributed by atoms with Crippen molar-refractivity contribution in [3.05, 3.63) is 58.6 Å². The Balaban J connectivity index is 1.64. The van der Waals surface area contributed by atoms with E-state index in [0.29, 0.717) is 21.4 Å². The van der Waals surface area contributed by atoms with Crippen LogP contribution < -0.4 is 21.5 Å². The maximum atomic E-state index is 11.8. The fourth-order valence-corrected chi connectivity index (χ4v) is 3.05. The molecule has 4 amide bonds. The van der Waals surface area contributed by atoms with Crippen molar-refractivity contribution >= 4 is 64.2 Å². The van der Waals surface area contributed by atoms with E-state index in [9.17, 15) is 14.4 Å². The van der Waals surface area contributed by atoms with E-state index < -0.39 is 11.9 Å². The fourth-order valence-electron chi connectivity index (χ4n) is 1.91. The van der Waals surface area contributed by atoms with Crippen LogP contribution in [0, 0.1) is 0 Å². The molecule has 27 heavy (non-hydrogen) atoms. The summed E-state index contributed by atoms with van der Waals surface area (Å²) in [4.78, 5) is 35.2. The average molecular weight is 427 g/mol. The third-order valence-corrected chi connectivity index (χ3v) is 4.33. The van der Waals surface area contributed by atoms with Crippen molar-refractivity contribution in [2.45, 2.75) is 0 Å². The van der Waals surface area contributed by atoms with Crippen LogP contribution in [0.15, 0.2) is 48.5 Å². The summed E-state index contributed by atoms with van der Waals surface area (Å²) < 4.78 is 0. The number of carbonyl (C=O) groups excluding carboxylic acids is 3. The monoisotopic (exact) mass is 426 g/mol. The summed E-state index contributed by atoms with van der Waals surface area (Å²) in [6, 6.07) is 12.9. The SMILES string of the molecule is O=C(CSCC(=O)Nc1ccccc1)NNC(=O)Nc1cc(Cl)cc(Cl)c1. The van der Waals surface area contributed by atoms with Gasteiger partial charge in [-0.1, -0.05) is 41.4 Å². The minimum atomic E-state index is -0.659. The lowest BCUT2D eigenvalue weighted by molar-refractivity contribution is -0.119. The average Bonchev–Trinajstić information content (AvgIpc) is 2.60. The number of hydrazine groups is 1. The predicted molar refractivity (Wildman–Crippen MR) is 109 cm³/mol. The second-order valence-electron chi connectivity index (χ2n) is 5.19. The number of hydrogen-bond donors (Lipinski definition) is 4. The molecular weight excluding hydrogens is 411 g/mol. The Bertz CT molecular complexity index is 801. The topological polar surface area (TPSA) is 99.3 Å². The lowest BCUT2D eigenvalue weighted by Crippen LogP contribution is -2.44. The van der Waals surface area contributed by atoms with Gasteiger partial charge in [-0.15, -0.1) is 11.8 Å². The van der Waals surface area contributed by atoms with Crippen LogP contribution >= 0.6 is 35.0 Å². The van der Waals surface area contributed by atoms with E-state index in [1.54, 1.807) is 12.1 Å². The van der Waals surface area contributed by atoms with Crippen LogP contribution in [-0.4, -0.2) is 29.4 Å². The molecule has 0 atom stereocenters. The Kier molecular flexibility index (Phi) is 8.25.